The van der Waals surface area contributed by atoms with E-state index in [9.17, 15) is 4.79 Å². The lowest BCUT2D eigenvalue weighted by atomic mass is 9.91. The Kier molecular flexibility index (Phi) is 6.98. The maximum absolute atomic E-state index is 12.8. The van der Waals surface area contributed by atoms with E-state index in [0.29, 0.717) is 12.4 Å². The van der Waals surface area contributed by atoms with E-state index in [-0.39, 0.29) is 17.4 Å². The minimum atomic E-state index is -0.0394. The molecule has 1 aromatic heterocycles. The number of carbonyl (C=O) groups excluding carboxylic acids is 1. The average molecular weight is 305 g/mol. The molecule has 0 aromatic carbocycles. The summed E-state index contributed by atoms with van der Waals surface area (Å²) < 4.78 is 0. The lowest BCUT2D eigenvalue weighted by molar-refractivity contribution is -0.120. The number of anilines is 1. The van der Waals surface area contributed by atoms with Gasteiger partial charge in [-0.2, -0.15) is 0 Å². The van der Waals surface area contributed by atoms with Crippen molar-refractivity contribution in [1.82, 2.24) is 9.97 Å². The first-order valence-corrected chi connectivity index (χ1v) is 8.42. The van der Waals surface area contributed by atoms with Crippen LogP contribution in [0.25, 0.3) is 0 Å². The van der Waals surface area contributed by atoms with E-state index in [4.69, 9.17) is 0 Å². The van der Waals surface area contributed by atoms with Gasteiger partial charge in [-0.05, 0) is 31.2 Å². The van der Waals surface area contributed by atoms with Crippen molar-refractivity contribution in [3.63, 3.8) is 0 Å². The van der Waals surface area contributed by atoms with Gasteiger partial charge in [-0.15, -0.1) is 0 Å². The molecular weight excluding hydrogens is 274 g/mol. The molecule has 0 bridgehead atoms. The van der Waals surface area contributed by atoms with E-state index in [1.54, 1.807) is 11.1 Å². The molecule has 0 aliphatic heterocycles. The van der Waals surface area contributed by atoms with Crippen LogP contribution < -0.4 is 4.90 Å². The summed E-state index contributed by atoms with van der Waals surface area (Å²) in [5, 5.41) is 0. The van der Waals surface area contributed by atoms with Crippen LogP contribution in [-0.4, -0.2) is 21.9 Å². The highest BCUT2D eigenvalue weighted by Gasteiger charge is 2.27. The second-order valence-corrected chi connectivity index (χ2v) is 7.24. The topological polar surface area (TPSA) is 46.1 Å². The van der Waals surface area contributed by atoms with E-state index in [1.165, 1.54) is 0 Å². The first kappa shape index (κ1) is 18.6. The summed E-state index contributed by atoms with van der Waals surface area (Å²) >= 11 is 0. The molecule has 0 spiro atoms. The molecule has 0 saturated carbocycles. The molecule has 0 aliphatic rings. The lowest BCUT2D eigenvalue weighted by Crippen LogP contribution is -2.41. The number of amides is 1. The molecule has 1 rings (SSSR count). The maximum atomic E-state index is 12.8. The van der Waals surface area contributed by atoms with Gasteiger partial charge in [0.25, 0.3) is 0 Å². The van der Waals surface area contributed by atoms with Crippen molar-refractivity contribution in [2.75, 3.05) is 4.90 Å². The quantitative estimate of drug-likeness (QED) is 0.750. The van der Waals surface area contributed by atoms with Crippen molar-refractivity contribution in [3.05, 3.63) is 18.0 Å². The Hall–Kier alpha value is -1.45. The first-order chi connectivity index (χ1) is 10.3. The Morgan fingerprint density at radius 3 is 2.50 bits per heavy atom. The zero-order valence-electron chi connectivity index (χ0n) is 15.0. The van der Waals surface area contributed by atoms with E-state index >= 15 is 0 Å². The maximum Gasteiger partial charge on any atom is 0.232 e. The number of carbonyl (C=O) groups is 1. The van der Waals surface area contributed by atoms with Crippen molar-refractivity contribution in [3.8, 4) is 0 Å². The fourth-order valence-corrected chi connectivity index (χ4v) is 2.54. The summed E-state index contributed by atoms with van der Waals surface area (Å²) in [6, 6.07) is 2.06. The SMILES string of the molecule is CCCc1ccnc(N(C(=O)CC(C)(C)C)C(C)CCC)n1. The van der Waals surface area contributed by atoms with Crippen LogP contribution in [0.5, 0.6) is 0 Å². The highest BCUT2D eigenvalue weighted by Crippen LogP contribution is 2.24. The number of aromatic nitrogens is 2. The molecule has 1 aromatic rings. The third-order valence-electron chi connectivity index (χ3n) is 3.52. The summed E-state index contributed by atoms with van der Waals surface area (Å²) in [6.07, 6.45) is 6.22. The molecule has 0 aliphatic carbocycles. The van der Waals surface area contributed by atoms with Crippen molar-refractivity contribution in [2.24, 2.45) is 5.41 Å². The fourth-order valence-electron chi connectivity index (χ4n) is 2.54. The van der Waals surface area contributed by atoms with Gasteiger partial charge in [-0.3, -0.25) is 9.69 Å². The highest BCUT2D eigenvalue weighted by molar-refractivity contribution is 5.92. The molecule has 0 saturated heterocycles. The molecule has 1 amide bonds. The van der Waals surface area contributed by atoms with Crippen LogP contribution in [0, 0.1) is 5.41 Å². The van der Waals surface area contributed by atoms with Crippen LogP contribution in [0.3, 0.4) is 0 Å². The Labute approximate surface area is 135 Å². The highest BCUT2D eigenvalue weighted by atomic mass is 16.2. The van der Waals surface area contributed by atoms with Crippen molar-refractivity contribution in [1.29, 1.82) is 0 Å². The Morgan fingerprint density at radius 2 is 1.95 bits per heavy atom. The van der Waals surface area contributed by atoms with E-state index in [0.717, 1.165) is 31.4 Å². The van der Waals surface area contributed by atoms with Gasteiger partial charge in [0.05, 0.1) is 0 Å². The molecule has 0 radical (unpaired) electrons. The molecule has 4 heteroatoms. The summed E-state index contributed by atoms with van der Waals surface area (Å²) in [5.41, 5.74) is 0.965. The molecule has 1 atom stereocenters. The van der Waals surface area contributed by atoms with Crippen LogP contribution in [0.15, 0.2) is 12.3 Å². The fraction of sp³-hybridized carbons (Fsp3) is 0.722. The summed E-state index contributed by atoms with van der Waals surface area (Å²) in [4.78, 5) is 23.6. The molecule has 124 valence electrons. The molecule has 1 unspecified atom stereocenters. The minimum Gasteiger partial charge on any atom is -0.278 e. The standard InChI is InChI=1S/C18H31N3O/c1-7-9-14(3)21(16(22)13-18(4,5)6)17-19-12-11-15(20-17)10-8-2/h11-12,14H,7-10,13H2,1-6H3. The second-order valence-electron chi connectivity index (χ2n) is 7.24. The summed E-state index contributed by atoms with van der Waals surface area (Å²) in [5.74, 6) is 0.670. The third-order valence-corrected chi connectivity index (χ3v) is 3.52. The largest absolute Gasteiger partial charge is 0.278 e. The van der Waals surface area contributed by atoms with Crippen LogP contribution >= 0.6 is 0 Å². The summed E-state index contributed by atoms with van der Waals surface area (Å²) in [6.45, 7) is 12.6. The number of hydrogen-bond donors (Lipinski definition) is 0. The van der Waals surface area contributed by atoms with E-state index in [1.807, 2.05) is 6.07 Å². The van der Waals surface area contributed by atoms with E-state index in [2.05, 4.69) is 51.5 Å². The predicted octanol–water partition coefficient (Wildman–Crippen LogP) is 4.39. The predicted molar refractivity (Wildman–Crippen MR) is 92.0 cm³/mol. The van der Waals surface area contributed by atoms with Crippen LogP contribution in [-0.2, 0) is 11.2 Å². The monoisotopic (exact) mass is 305 g/mol. The van der Waals surface area contributed by atoms with Crippen molar-refractivity contribution >= 4 is 11.9 Å². The number of rotatable bonds is 7. The Bertz CT molecular complexity index is 479. The number of aryl methyl sites for hydroxylation is 1. The van der Waals surface area contributed by atoms with Crippen LogP contribution in [0.2, 0.25) is 0 Å². The minimum absolute atomic E-state index is 0.0394. The first-order valence-electron chi connectivity index (χ1n) is 8.42. The zero-order chi connectivity index (χ0) is 16.8. The van der Waals surface area contributed by atoms with Crippen LogP contribution in [0.4, 0.5) is 5.95 Å². The number of nitrogens with zero attached hydrogens (tertiary/aromatic N) is 3. The second kappa shape index (κ2) is 8.25. The van der Waals surface area contributed by atoms with Gasteiger partial charge in [-0.25, -0.2) is 9.97 Å². The molecule has 22 heavy (non-hydrogen) atoms. The van der Waals surface area contributed by atoms with Crippen molar-refractivity contribution in [2.45, 2.75) is 79.7 Å². The molecule has 0 fully saturated rings. The number of hydrogen-bond acceptors (Lipinski definition) is 3. The average Bonchev–Trinajstić information content (AvgIpc) is 2.38. The van der Waals surface area contributed by atoms with Gasteiger partial charge in [-0.1, -0.05) is 47.5 Å². The zero-order valence-corrected chi connectivity index (χ0v) is 15.0. The van der Waals surface area contributed by atoms with E-state index < -0.39 is 0 Å². The molecular formula is C18H31N3O. The normalized spacial score (nSPS) is 13.0. The van der Waals surface area contributed by atoms with Gasteiger partial charge in [0.1, 0.15) is 0 Å². The molecule has 1 heterocycles. The third kappa shape index (κ3) is 5.74. The molecule has 4 nitrogen and oxygen atoms in total. The van der Waals surface area contributed by atoms with Crippen LogP contribution in [0.1, 0.15) is 72.9 Å². The van der Waals surface area contributed by atoms with Crippen molar-refractivity contribution < 1.29 is 4.79 Å². The van der Waals surface area contributed by atoms with Gasteiger partial charge in [0.2, 0.25) is 11.9 Å². The van der Waals surface area contributed by atoms with Gasteiger partial charge in [0.15, 0.2) is 0 Å². The van der Waals surface area contributed by atoms with Gasteiger partial charge < -0.3 is 0 Å². The summed E-state index contributed by atoms with van der Waals surface area (Å²) in [7, 11) is 0. The van der Waals surface area contributed by atoms with Gasteiger partial charge in [0, 0.05) is 24.4 Å². The van der Waals surface area contributed by atoms with Gasteiger partial charge >= 0.3 is 0 Å². The Balaban J connectivity index is 3.09. The smallest absolute Gasteiger partial charge is 0.232 e. The lowest BCUT2D eigenvalue weighted by Gasteiger charge is -2.30. The Morgan fingerprint density at radius 1 is 1.27 bits per heavy atom. The molecule has 0 N–H and O–H groups in total.